The van der Waals surface area contributed by atoms with E-state index < -0.39 is 0 Å². The Morgan fingerprint density at radius 3 is 2.84 bits per heavy atom. The van der Waals surface area contributed by atoms with Gasteiger partial charge in [0.1, 0.15) is 5.60 Å². The molecule has 1 saturated carbocycles. The number of nitrogens with zero attached hydrogens (tertiary/aromatic N) is 1. The maximum atomic E-state index is 12.1. The normalized spacial score (nSPS) is 37.9. The second-order valence-corrected chi connectivity index (χ2v) is 7.57. The summed E-state index contributed by atoms with van der Waals surface area (Å²) in [5, 5.41) is 3.49. The maximum Gasteiger partial charge on any atom is 0.410 e. The summed E-state index contributed by atoms with van der Waals surface area (Å²) in [5.74, 6) is 1.54. The Kier molecular flexibility index (Phi) is 3.04. The molecule has 1 aliphatic carbocycles. The highest BCUT2D eigenvalue weighted by Gasteiger charge is 2.59. The first-order valence-corrected chi connectivity index (χ1v) is 7.58. The molecule has 3 fully saturated rings. The van der Waals surface area contributed by atoms with Crippen LogP contribution in [0.25, 0.3) is 0 Å². The van der Waals surface area contributed by atoms with E-state index in [1.54, 1.807) is 0 Å². The Morgan fingerprint density at radius 2 is 2.21 bits per heavy atom. The minimum absolute atomic E-state index is 0.130. The monoisotopic (exact) mass is 266 g/mol. The summed E-state index contributed by atoms with van der Waals surface area (Å²) >= 11 is 0. The van der Waals surface area contributed by atoms with E-state index in [0.29, 0.717) is 11.3 Å². The van der Waals surface area contributed by atoms with E-state index in [9.17, 15) is 4.79 Å². The van der Waals surface area contributed by atoms with Gasteiger partial charge in [-0.3, -0.25) is 0 Å². The highest BCUT2D eigenvalue weighted by atomic mass is 16.6. The number of likely N-dealkylation sites (tertiary alicyclic amines) is 1. The molecule has 1 spiro atoms. The van der Waals surface area contributed by atoms with Crippen molar-refractivity contribution in [1.29, 1.82) is 0 Å². The molecule has 0 radical (unpaired) electrons. The van der Waals surface area contributed by atoms with Crippen molar-refractivity contribution < 1.29 is 9.53 Å². The molecule has 1 amide bonds. The second-order valence-electron chi connectivity index (χ2n) is 7.57. The van der Waals surface area contributed by atoms with Crippen LogP contribution >= 0.6 is 0 Å². The minimum atomic E-state index is -0.384. The number of rotatable bonds is 1. The lowest BCUT2D eigenvalue weighted by molar-refractivity contribution is 0.0285. The van der Waals surface area contributed by atoms with Gasteiger partial charge in [0.2, 0.25) is 0 Å². The zero-order valence-corrected chi connectivity index (χ0v) is 12.4. The van der Waals surface area contributed by atoms with Gasteiger partial charge in [-0.1, -0.05) is 0 Å². The third kappa shape index (κ3) is 2.60. The smallest absolute Gasteiger partial charge is 0.410 e. The summed E-state index contributed by atoms with van der Waals surface area (Å²) in [7, 11) is 0. The van der Waals surface area contributed by atoms with E-state index in [0.717, 1.165) is 25.4 Å². The lowest BCUT2D eigenvalue weighted by atomic mass is 9.93. The molecule has 19 heavy (non-hydrogen) atoms. The fraction of sp³-hybridized carbons (Fsp3) is 0.933. The molecule has 0 aromatic carbocycles. The van der Waals surface area contributed by atoms with Crippen LogP contribution in [0.5, 0.6) is 0 Å². The summed E-state index contributed by atoms with van der Waals surface area (Å²) in [6.45, 7) is 9.94. The van der Waals surface area contributed by atoms with Crippen molar-refractivity contribution in [1.82, 2.24) is 10.2 Å². The number of ether oxygens (including phenoxy) is 1. The first kappa shape index (κ1) is 13.2. The average molecular weight is 266 g/mol. The number of carbonyl (C=O) groups excluding carboxylic acids is 1. The van der Waals surface area contributed by atoms with Gasteiger partial charge in [0.25, 0.3) is 0 Å². The molecule has 1 N–H and O–H groups in total. The van der Waals surface area contributed by atoms with E-state index in [1.807, 2.05) is 25.7 Å². The van der Waals surface area contributed by atoms with Gasteiger partial charge in [0.15, 0.2) is 0 Å². The molecule has 3 atom stereocenters. The van der Waals surface area contributed by atoms with E-state index in [1.165, 1.54) is 25.9 Å². The van der Waals surface area contributed by atoms with Crippen LogP contribution in [0.4, 0.5) is 4.79 Å². The molecule has 2 aliphatic heterocycles. The molecule has 4 heteroatoms. The maximum absolute atomic E-state index is 12.1. The van der Waals surface area contributed by atoms with Gasteiger partial charge >= 0.3 is 6.09 Å². The molecule has 3 rings (SSSR count). The quantitative estimate of drug-likeness (QED) is 0.791. The van der Waals surface area contributed by atoms with Crippen LogP contribution < -0.4 is 5.32 Å². The standard InChI is InChI=1S/C15H26N2O2/c1-14(2,3)19-13(18)17-7-4-11(9-17)12-8-15(12)5-6-16-10-15/h11-12,16H,4-10H2,1-3H3. The van der Waals surface area contributed by atoms with Crippen LogP contribution in [0.1, 0.15) is 40.0 Å². The van der Waals surface area contributed by atoms with Gasteiger partial charge in [-0.2, -0.15) is 0 Å². The van der Waals surface area contributed by atoms with Gasteiger partial charge in [0.05, 0.1) is 0 Å². The minimum Gasteiger partial charge on any atom is -0.444 e. The second kappa shape index (κ2) is 4.37. The molecule has 4 nitrogen and oxygen atoms in total. The third-order valence-electron chi connectivity index (χ3n) is 4.98. The highest BCUT2D eigenvalue weighted by molar-refractivity contribution is 5.68. The van der Waals surface area contributed by atoms with E-state index in [4.69, 9.17) is 4.74 Å². The van der Waals surface area contributed by atoms with Gasteiger partial charge in [-0.05, 0) is 63.8 Å². The van der Waals surface area contributed by atoms with Gasteiger partial charge in [0, 0.05) is 19.6 Å². The van der Waals surface area contributed by atoms with Crippen LogP contribution in [-0.2, 0) is 4.74 Å². The fourth-order valence-corrected chi connectivity index (χ4v) is 3.91. The number of hydrogen-bond donors (Lipinski definition) is 1. The lowest BCUT2D eigenvalue weighted by Gasteiger charge is -2.24. The first-order valence-electron chi connectivity index (χ1n) is 7.58. The molecule has 0 bridgehead atoms. The van der Waals surface area contributed by atoms with Crippen molar-refractivity contribution >= 4 is 6.09 Å². The van der Waals surface area contributed by atoms with Crippen molar-refractivity contribution in [2.75, 3.05) is 26.2 Å². The molecular formula is C15H26N2O2. The predicted octanol–water partition coefficient (Wildman–Crippen LogP) is 2.24. The highest BCUT2D eigenvalue weighted by Crippen LogP contribution is 2.61. The van der Waals surface area contributed by atoms with Gasteiger partial charge in [-0.15, -0.1) is 0 Å². The van der Waals surface area contributed by atoms with Crippen molar-refractivity contribution in [2.45, 2.75) is 45.6 Å². The number of hydrogen-bond acceptors (Lipinski definition) is 3. The van der Waals surface area contributed by atoms with Gasteiger partial charge < -0.3 is 15.0 Å². The Hall–Kier alpha value is -0.770. The Labute approximate surface area is 115 Å². The van der Waals surface area contributed by atoms with Crippen molar-refractivity contribution in [3.63, 3.8) is 0 Å². The first-order chi connectivity index (χ1) is 8.90. The summed E-state index contributed by atoms with van der Waals surface area (Å²) in [6.07, 6.45) is 3.73. The third-order valence-corrected chi connectivity index (χ3v) is 4.98. The van der Waals surface area contributed by atoms with Crippen molar-refractivity contribution in [3.8, 4) is 0 Å². The van der Waals surface area contributed by atoms with Crippen molar-refractivity contribution in [3.05, 3.63) is 0 Å². The lowest BCUT2D eigenvalue weighted by Crippen LogP contribution is -2.35. The molecule has 0 aromatic rings. The summed E-state index contributed by atoms with van der Waals surface area (Å²) in [5.41, 5.74) is 0.208. The van der Waals surface area contributed by atoms with Crippen LogP contribution in [0.3, 0.4) is 0 Å². The molecule has 2 heterocycles. The Balaban J connectivity index is 1.52. The molecular weight excluding hydrogens is 240 g/mol. The van der Waals surface area contributed by atoms with Crippen LogP contribution in [0, 0.1) is 17.3 Å². The average Bonchev–Trinajstić information content (AvgIpc) is 2.68. The largest absolute Gasteiger partial charge is 0.444 e. The summed E-state index contributed by atoms with van der Waals surface area (Å²) < 4.78 is 5.46. The predicted molar refractivity (Wildman–Crippen MR) is 73.9 cm³/mol. The molecule has 2 saturated heterocycles. The Bertz CT molecular complexity index is 369. The van der Waals surface area contributed by atoms with E-state index in [2.05, 4.69) is 5.32 Å². The van der Waals surface area contributed by atoms with Gasteiger partial charge in [-0.25, -0.2) is 4.79 Å². The fourth-order valence-electron chi connectivity index (χ4n) is 3.91. The number of amides is 1. The van der Waals surface area contributed by atoms with Crippen molar-refractivity contribution in [2.24, 2.45) is 17.3 Å². The topological polar surface area (TPSA) is 41.6 Å². The van der Waals surface area contributed by atoms with E-state index in [-0.39, 0.29) is 11.7 Å². The van der Waals surface area contributed by atoms with E-state index >= 15 is 0 Å². The number of carbonyl (C=O) groups is 1. The zero-order chi connectivity index (χ0) is 13.7. The SMILES string of the molecule is CC(C)(C)OC(=O)N1CCC(C2CC23CCNC3)C1. The summed E-state index contributed by atoms with van der Waals surface area (Å²) in [4.78, 5) is 14.0. The van der Waals surface area contributed by atoms with Crippen LogP contribution in [0.15, 0.2) is 0 Å². The zero-order valence-electron chi connectivity index (χ0n) is 12.4. The summed E-state index contributed by atoms with van der Waals surface area (Å²) in [6, 6.07) is 0. The Morgan fingerprint density at radius 1 is 1.42 bits per heavy atom. The van der Waals surface area contributed by atoms with Crippen LogP contribution in [-0.4, -0.2) is 42.8 Å². The molecule has 3 unspecified atom stereocenters. The number of nitrogens with one attached hydrogen (secondary N) is 1. The molecule has 108 valence electrons. The molecule has 3 aliphatic rings. The van der Waals surface area contributed by atoms with Crippen LogP contribution in [0.2, 0.25) is 0 Å². The molecule has 0 aromatic heterocycles.